The summed E-state index contributed by atoms with van der Waals surface area (Å²) in [6.07, 6.45) is 1.11. The molecule has 0 aliphatic carbocycles. The van der Waals surface area contributed by atoms with Gasteiger partial charge in [-0.15, -0.1) is 0 Å². The minimum absolute atomic E-state index is 0.000968. The predicted molar refractivity (Wildman–Crippen MR) is 149 cm³/mol. The Hall–Kier alpha value is -4.42. The highest BCUT2D eigenvalue weighted by Crippen LogP contribution is 2.22. The Morgan fingerprint density at radius 1 is 0.784 bits per heavy atom. The standard InChI is InChI=1S/C31H32N4O2/c32-28-15-13-24(14-16-28)23-9-11-25(12-10-23)31(37)35-29(19-21-5-2-1-3-6-21)27(20-36)18-22-7-4-8-26(17-22)30(33)34/h1-17,27,29,36H,18-20,32H2,(H3,33,34)(H,35,37). The van der Waals surface area contributed by atoms with Crippen molar-refractivity contribution in [2.75, 3.05) is 12.3 Å². The molecule has 4 rings (SSSR count). The van der Waals surface area contributed by atoms with E-state index in [2.05, 4.69) is 5.32 Å². The summed E-state index contributed by atoms with van der Waals surface area (Å²) in [4.78, 5) is 13.3. The Morgan fingerprint density at radius 2 is 1.41 bits per heavy atom. The van der Waals surface area contributed by atoms with E-state index in [-0.39, 0.29) is 30.3 Å². The molecule has 0 aromatic heterocycles. The smallest absolute Gasteiger partial charge is 0.251 e. The van der Waals surface area contributed by atoms with Crippen LogP contribution in [0.2, 0.25) is 0 Å². The van der Waals surface area contributed by atoms with Crippen LogP contribution in [0.4, 0.5) is 5.69 Å². The number of carbonyl (C=O) groups is 1. The summed E-state index contributed by atoms with van der Waals surface area (Å²) in [6.45, 7) is -0.0991. The Bertz CT molecular complexity index is 1340. The van der Waals surface area contributed by atoms with Gasteiger partial charge in [0.15, 0.2) is 0 Å². The molecule has 0 fully saturated rings. The first-order valence-electron chi connectivity index (χ1n) is 12.3. The van der Waals surface area contributed by atoms with Crippen molar-refractivity contribution in [1.29, 1.82) is 5.41 Å². The molecule has 7 N–H and O–H groups in total. The number of aliphatic hydroxyl groups is 1. The number of hydrogen-bond acceptors (Lipinski definition) is 4. The van der Waals surface area contributed by atoms with E-state index >= 15 is 0 Å². The molecule has 1 amide bonds. The summed E-state index contributed by atoms with van der Waals surface area (Å²) in [6, 6.07) is 32.1. The van der Waals surface area contributed by atoms with E-state index in [0.29, 0.717) is 29.7 Å². The van der Waals surface area contributed by atoms with Crippen molar-refractivity contribution in [3.05, 3.63) is 125 Å². The molecule has 4 aromatic rings. The van der Waals surface area contributed by atoms with Crippen LogP contribution in [0.3, 0.4) is 0 Å². The summed E-state index contributed by atoms with van der Waals surface area (Å²) in [5, 5.41) is 21.3. The largest absolute Gasteiger partial charge is 0.399 e. The highest BCUT2D eigenvalue weighted by Gasteiger charge is 2.24. The van der Waals surface area contributed by atoms with Gasteiger partial charge in [-0.1, -0.05) is 72.8 Å². The van der Waals surface area contributed by atoms with Gasteiger partial charge in [0.25, 0.3) is 5.91 Å². The van der Waals surface area contributed by atoms with Crippen LogP contribution in [0, 0.1) is 11.3 Å². The van der Waals surface area contributed by atoms with Gasteiger partial charge in [-0.2, -0.15) is 0 Å². The van der Waals surface area contributed by atoms with Crippen molar-refractivity contribution in [2.24, 2.45) is 11.7 Å². The molecule has 0 bridgehead atoms. The lowest BCUT2D eigenvalue weighted by Gasteiger charge is -2.27. The van der Waals surface area contributed by atoms with Crippen molar-refractivity contribution in [1.82, 2.24) is 5.32 Å². The van der Waals surface area contributed by atoms with Crippen molar-refractivity contribution in [3.8, 4) is 11.1 Å². The molecule has 37 heavy (non-hydrogen) atoms. The number of carbonyl (C=O) groups excluding carboxylic acids is 1. The summed E-state index contributed by atoms with van der Waals surface area (Å²) in [7, 11) is 0. The number of hydrogen-bond donors (Lipinski definition) is 5. The van der Waals surface area contributed by atoms with Crippen LogP contribution in [-0.4, -0.2) is 29.5 Å². The number of nitrogen functional groups attached to an aromatic ring is 2. The third kappa shape index (κ3) is 6.84. The molecule has 2 atom stereocenters. The number of benzene rings is 4. The second-order valence-corrected chi connectivity index (χ2v) is 9.23. The van der Waals surface area contributed by atoms with Crippen LogP contribution < -0.4 is 16.8 Å². The van der Waals surface area contributed by atoms with Crippen molar-refractivity contribution in [2.45, 2.75) is 18.9 Å². The monoisotopic (exact) mass is 492 g/mol. The van der Waals surface area contributed by atoms with E-state index in [0.717, 1.165) is 22.3 Å². The van der Waals surface area contributed by atoms with E-state index in [1.807, 2.05) is 97.1 Å². The minimum Gasteiger partial charge on any atom is -0.399 e. The maximum Gasteiger partial charge on any atom is 0.251 e. The summed E-state index contributed by atoms with van der Waals surface area (Å²) in [5.74, 6) is -0.430. The summed E-state index contributed by atoms with van der Waals surface area (Å²) >= 11 is 0. The number of aliphatic hydroxyl groups excluding tert-OH is 1. The summed E-state index contributed by atoms with van der Waals surface area (Å²) < 4.78 is 0. The average molecular weight is 493 g/mol. The highest BCUT2D eigenvalue weighted by atomic mass is 16.3. The molecule has 0 radical (unpaired) electrons. The van der Waals surface area contributed by atoms with Gasteiger partial charge in [-0.05, 0) is 65.4 Å². The zero-order valence-electron chi connectivity index (χ0n) is 20.6. The first-order chi connectivity index (χ1) is 17.9. The maximum atomic E-state index is 13.3. The fourth-order valence-electron chi connectivity index (χ4n) is 4.45. The molecule has 188 valence electrons. The van der Waals surface area contributed by atoms with E-state index in [1.165, 1.54) is 0 Å². The van der Waals surface area contributed by atoms with Crippen molar-refractivity contribution in [3.63, 3.8) is 0 Å². The second-order valence-electron chi connectivity index (χ2n) is 9.23. The fourth-order valence-corrected chi connectivity index (χ4v) is 4.45. The molecule has 4 aromatic carbocycles. The lowest BCUT2D eigenvalue weighted by molar-refractivity contribution is 0.0903. The topological polar surface area (TPSA) is 125 Å². The first-order valence-corrected chi connectivity index (χ1v) is 12.3. The van der Waals surface area contributed by atoms with Crippen LogP contribution >= 0.6 is 0 Å². The number of amidine groups is 1. The van der Waals surface area contributed by atoms with Crippen LogP contribution in [0.5, 0.6) is 0 Å². The highest BCUT2D eigenvalue weighted by molar-refractivity contribution is 5.95. The Morgan fingerprint density at radius 3 is 2.03 bits per heavy atom. The predicted octanol–water partition coefficient (Wildman–Crippen LogP) is 4.41. The van der Waals surface area contributed by atoms with Gasteiger partial charge in [0, 0.05) is 35.4 Å². The Kier molecular flexibility index (Phi) is 8.33. The molecule has 0 aliphatic heterocycles. The minimum atomic E-state index is -0.308. The summed E-state index contributed by atoms with van der Waals surface area (Å²) in [5.41, 5.74) is 17.4. The van der Waals surface area contributed by atoms with Gasteiger partial charge >= 0.3 is 0 Å². The third-order valence-electron chi connectivity index (χ3n) is 6.55. The zero-order valence-corrected chi connectivity index (χ0v) is 20.6. The van der Waals surface area contributed by atoms with Crippen LogP contribution in [-0.2, 0) is 12.8 Å². The van der Waals surface area contributed by atoms with Gasteiger partial charge in [-0.3, -0.25) is 10.2 Å². The van der Waals surface area contributed by atoms with Crippen LogP contribution in [0.15, 0.2) is 103 Å². The van der Waals surface area contributed by atoms with E-state index in [4.69, 9.17) is 16.9 Å². The van der Waals surface area contributed by atoms with Gasteiger partial charge in [-0.25, -0.2) is 0 Å². The number of amides is 1. The average Bonchev–Trinajstić information content (AvgIpc) is 2.92. The molecule has 6 heteroatoms. The molecule has 0 heterocycles. The molecule has 0 aliphatic rings. The van der Waals surface area contributed by atoms with Crippen LogP contribution in [0.1, 0.15) is 27.0 Å². The normalized spacial score (nSPS) is 12.5. The zero-order chi connectivity index (χ0) is 26.2. The van der Waals surface area contributed by atoms with Crippen molar-refractivity contribution < 1.29 is 9.90 Å². The molecule has 0 saturated heterocycles. The number of nitrogens with two attached hydrogens (primary N) is 2. The van der Waals surface area contributed by atoms with Crippen molar-refractivity contribution >= 4 is 17.4 Å². The Labute approximate surface area is 217 Å². The molecule has 0 saturated carbocycles. The van der Waals surface area contributed by atoms with Gasteiger partial charge in [0.1, 0.15) is 5.84 Å². The Balaban J connectivity index is 1.54. The quantitative estimate of drug-likeness (QED) is 0.128. The van der Waals surface area contributed by atoms with Gasteiger partial charge < -0.3 is 21.9 Å². The number of nitrogens with one attached hydrogen (secondary N) is 2. The van der Waals surface area contributed by atoms with E-state index in [1.54, 1.807) is 6.07 Å². The molecule has 6 nitrogen and oxygen atoms in total. The second kappa shape index (κ2) is 12.0. The fraction of sp³-hybridized carbons (Fsp3) is 0.161. The number of anilines is 1. The molecular formula is C31H32N4O2. The molecular weight excluding hydrogens is 460 g/mol. The lowest BCUT2D eigenvalue weighted by Crippen LogP contribution is -2.44. The first kappa shape index (κ1) is 25.7. The van der Waals surface area contributed by atoms with Crippen LogP contribution in [0.25, 0.3) is 11.1 Å². The van der Waals surface area contributed by atoms with E-state index in [9.17, 15) is 9.90 Å². The SMILES string of the molecule is N=C(N)c1cccc(CC(CO)C(Cc2ccccc2)NC(=O)c2ccc(-c3ccc(N)cc3)cc2)c1. The number of rotatable bonds is 10. The lowest BCUT2D eigenvalue weighted by atomic mass is 9.88. The van der Waals surface area contributed by atoms with Gasteiger partial charge in [0.2, 0.25) is 0 Å². The van der Waals surface area contributed by atoms with Gasteiger partial charge in [0.05, 0.1) is 0 Å². The maximum absolute atomic E-state index is 13.3. The molecule has 2 unspecified atom stereocenters. The third-order valence-corrected chi connectivity index (χ3v) is 6.55. The van der Waals surface area contributed by atoms with E-state index < -0.39 is 0 Å². The molecule has 0 spiro atoms.